The van der Waals surface area contributed by atoms with Crippen LogP contribution in [0.1, 0.15) is 51.0 Å². The van der Waals surface area contributed by atoms with Crippen molar-refractivity contribution in [3.05, 3.63) is 66.2 Å². The highest BCUT2D eigenvalue weighted by atomic mass is 19.1. The topological polar surface area (TPSA) is 72.3 Å². The molecule has 1 atom stereocenters. The number of piperidine rings is 1. The van der Waals surface area contributed by atoms with Crippen molar-refractivity contribution in [2.75, 3.05) is 25.4 Å². The van der Waals surface area contributed by atoms with Gasteiger partial charge in [0.15, 0.2) is 0 Å². The summed E-state index contributed by atoms with van der Waals surface area (Å²) in [4.78, 5) is 16.1. The van der Waals surface area contributed by atoms with E-state index in [0.717, 1.165) is 54.4 Å². The van der Waals surface area contributed by atoms with E-state index in [-0.39, 0.29) is 11.8 Å². The van der Waals surface area contributed by atoms with Crippen molar-refractivity contribution in [3.63, 3.8) is 0 Å². The van der Waals surface area contributed by atoms with E-state index in [1.54, 1.807) is 18.3 Å². The van der Waals surface area contributed by atoms with Gasteiger partial charge in [-0.3, -0.25) is 4.40 Å². The minimum absolute atomic E-state index is 0.208. The van der Waals surface area contributed by atoms with Crippen molar-refractivity contribution in [2.45, 2.75) is 45.4 Å². The van der Waals surface area contributed by atoms with Gasteiger partial charge in [-0.1, -0.05) is 20.3 Å². The number of fused-ring (bicyclic) bond motifs is 1. The Balaban J connectivity index is 1.46. The molecule has 4 aromatic rings. The molecule has 7 heteroatoms. The maximum absolute atomic E-state index is 13.6. The number of rotatable bonds is 7. The summed E-state index contributed by atoms with van der Waals surface area (Å²) in [6.07, 6.45) is 8.60. The molecular weight excluding hydrogens is 439 g/mol. The van der Waals surface area contributed by atoms with Gasteiger partial charge in [-0.15, -0.1) is 0 Å². The van der Waals surface area contributed by atoms with Crippen LogP contribution in [0.4, 0.5) is 10.3 Å². The number of nitrogens with two attached hydrogens (primary N) is 1. The molecule has 1 saturated heterocycles. The molecule has 2 N–H and O–H groups in total. The third kappa shape index (κ3) is 5.05. The lowest BCUT2D eigenvalue weighted by Gasteiger charge is -2.33. The number of halogens is 1. The molecule has 1 aromatic carbocycles. The van der Waals surface area contributed by atoms with E-state index < -0.39 is 0 Å². The average Bonchev–Trinajstić information content (AvgIpc) is 3.24. The summed E-state index contributed by atoms with van der Waals surface area (Å²) < 4.78 is 15.7. The lowest BCUT2D eigenvalue weighted by Crippen LogP contribution is -2.36. The molecule has 1 aliphatic rings. The van der Waals surface area contributed by atoms with E-state index in [2.05, 4.69) is 47.0 Å². The predicted octanol–water partition coefficient (Wildman–Crippen LogP) is 5.80. The molecule has 5 rings (SSSR count). The second-order valence-electron chi connectivity index (χ2n) is 9.77. The Morgan fingerprint density at radius 1 is 1.09 bits per heavy atom. The number of hydrogen-bond acceptors (Lipinski definition) is 5. The average molecular weight is 473 g/mol. The number of nitrogens with zero attached hydrogens (tertiary/aromatic N) is 5. The molecule has 182 valence electrons. The van der Waals surface area contributed by atoms with Crippen LogP contribution in [0.25, 0.3) is 28.3 Å². The number of aromatic nitrogens is 4. The molecule has 0 radical (unpaired) electrons. The first-order valence-electron chi connectivity index (χ1n) is 12.6. The number of nitrogen functional groups attached to an aromatic ring is 1. The number of anilines is 1. The zero-order valence-corrected chi connectivity index (χ0v) is 20.5. The molecule has 0 saturated carbocycles. The van der Waals surface area contributed by atoms with Gasteiger partial charge >= 0.3 is 0 Å². The third-order valence-electron chi connectivity index (χ3n) is 7.10. The molecular formula is C28H33FN6. The Labute approximate surface area is 206 Å². The molecule has 3 aromatic heterocycles. The summed E-state index contributed by atoms with van der Waals surface area (Å²) in [5.74, 6) is 1.22. The van der Waals surface area contributed by atoms with Gasteiger partial charge in [0.1, 0.15) is 11.5 Å². The van der Waals surface area contributed by atoms with Crippen LogP contribution in [0.3, 0.4) is 0 Å². The highest BCUT2D eigenvalue weighted by molar-refractivity contribution is 5.80. The number of likely N-dealkylation sites (tertiary alicyclic amines) is 1. The Morgan fingerprint density at radius 2 is 1.86 bits per heavy atom. The van der Waals surface area contributed by atoms with Crippen LogP contribution in [0.2, 0.25) is 0 Å². The molecule has 0 amide bonds. The SMILES string of the molecule is CCCC(C)CN1CCC(c2ccn3c(-c4ccnc(N)n4)c(-c4ccc(F)cc4)nc3c2)CC1. The van der Waals surface area contributed by atoms with E-state index in [0.29, 0.717) is 11.6 Å². The van der Waals surface area contributed by atoms with Gasteiger partial charge in [-0.2, -0.15) is 0 Å². The van der Waals surface area contributed by atoms with Crippen LogP contribution in [-0.4, -0.2) is 43.9 Å². The first-order chi connectivity index (χ1) is 17.0. The summed E-state index contributed by atoms with van der Waals surface area (Å²) in [5, 5.41) is 0. The molecule has 1 aliphatic heterocycles. The molecule has 0 spiro atoms. The van der Waals surface area contributed by atoms with Gasteiger partial charge in [0.25, 0.3) is 0 Å². The number of hydrogen-bond donors (Lipinski definition) is 1. The lowest BCUT2D eigenvalue weighted by molar-refractivity contribution is 0.183. The van der Waals surface area contributed by atoms with Gasteiger partial charge in [0.05, 0.1) is 17.1 Å². The van der Waals surface area contributed by atoms with Crippen molar-refractivity contribution in [1.29, 1.82) is 0 Å². The van der Waals surface area contributed by atoms with Crippen LogP contribution in [0, 0.1) is 11.7 Å². The number of benzene rings is 1. The van der Waals surface area contributed by atoms with E-state index in [1.165, 1.54) is 37.1 Å². The Morgan fingerprint density at radius 3 is 2.57 bits per heavy atom. The van der Waals surface area contributed by atoms with E-state index in [4.69, 9.17) is 10.7 Å². The maximum atomic E-state index is 13.6. The monoisotopic (exact) mass is 472 g/mol. The fraction of sp³-hybridized carbons (Fsp3) is 0.393. The van der Waals surface area contributed by atoms with Crippen LogP contribution in [-0.2, 0) is 0 Å². The number of pyridine rings is 1. The van der Waals surface area contributed by atoms with Gasteiger partial charge in [0, 0.05) is 24.5 Å². The summed E-state index contributed by atoms with van der Waals surface area (Å²) in [6.45, 7) is 8.12. The Bertz CT molecular complexity index is 1290. The van der Waals surface area contributed by atoms with E-state index in [1.807, 2.05) is 10.5 Å². The van der Waals surface area contributed by atoms with Crippen molar-refractivity contribution < 1.29 is 4.39 Å². The molecule has 1 unspecified atom stereocenters. The second-order valence-corrected chi connectivity index (χ2v) is 9.77. The first-order valence-corrected chi connectivity index (χ1v) is 12.6. The second kappa shape index (κ2) is 10.1. The Kier molecular flexibility index (Phi) is 6.77. The predicted molar refractivity (Wildman–Crippen MR) is 139 cm³/mol. The van der Waals surface area contributed by atoms with Gasteiger partial charge < -0.3 is 10.6 Å². The molecule has 35 heavy (non-hydrogen) atoms. The largest absolute Gasteiger partial charge is 0.368 e. The minimum Gasteiger partial charge on any atom is -0.368 e. The molecule has 0 bridgehead atoms. The van der Waals surface area contributed by atoms with Gasteiger partial charge in [-0.25, -0.2) is 19.3 Å². The zero-order valence-electron chi connectivity index (χ0n) is 20.5. The van der Waals surface area contributed by atoms with Crippen LogP contribution < -0.4 is 5.73 Å². The molecule has 1 fully saturated rings. The molecule has 6 nitrogen and oxygen atoms in total. The van der Waals surface area contributed by atoms with Crippen molar-refractivity contribution in [3.8, 4) is 22.6 Å². The molecule has 0 aliphatic carbocycles. The van der Waals surface area contributed by atoms with Crippen LogP contribution >= 0.6 is 0 Å². The van der Waals surface area contributed by atoms with E-state index in [9.17, 15) is 4.39 Å². The molecule has 4 heterocycles. The Hall–Kier alpha value is -3.32. The fourth-order valence-corrected chi connectivity index (χ4v) is 5.35. The van der Waals surface area contributed by atoms with Crippen molar-refractivity contribution >= 4 is 11.6 Å². The summed E-state index contributed by atoms with van der Waals surface area (Å²) in [5.41, 5.74) is 11.2. The van der Waals surface area contributed by atoms with Crippen LogP contribution in [0.15, 0.2) is 54.9 Å². The third-order valence-corrected chi connectivity index (χ3v) is 7.10. The first kappa shape index (κ1) is 23.4. The quantitative estimate of drug-likeness (QED) is 0.368. The van der Waals surface area contributed by atoms with Crippen LogP contribution in [0.5, 0.6) is 0 Å². The van der Waals surface area contributed by atoms with Crippen molar-refractivity contribution in [1.82, 2.24) is 24.3 Å². The number of imidazole rings is 1. The van der Waals surface area contributed by atoms with Gasteiger partial charge in [-0.05, 0) is 92.2 Å². The zero-order chi connectivity index (χ0) is 24.4. The summed E-state index contributed by atoms with van der Waals surface area (Å²) >= 11 is 0. The van der Waals surface area contributed by atoms with Crippen molar-refractivity contribution in [2.24, 2.45) is 5.92 Å². The fourth-order valence-electron chi connectivity index (χ4n) is 5.35. The summed E-state index contributed by atoms with van der Waals surface area (Å²) in [6, 6.07) is 12.6. The van der Waals surface area contributed by atoms with Gasteiger partial charge in [0.2, 0.25) is 5.95 Å². The highest BCUT2D eigenvalue weighted by Gasteiger charge is 2.23. The highest BCUT2D eigenvalue weighted by Crippen LogP contribution is 2.35. The smallest absolute Gasteiger partial charge is 0.220 e. The maximum Gasteiger partial charge on any atom is 0.220 e. The summed E-state index contributed by atoms with van der Waals surface area (Å²) in [7, 11) is 0. The lowest BCUT2D eigenvalue weighted by atomic mass is 9.89. The minimum atomic E-state index is -0.275. The standard InChI is InChI=1S/C28H33FN6/c1-3-4-19(2)18-34-14-10-20(11-15-34)22-12-16-35-25(17-22)33-26(21-5-7-23(29)8-6-21)27(35)24-9-13-31-28(30)32-24/h5-9,12-13,16-17,19-20H,3-4,10-11,14-15,18H2,1-2H3,(H2,30,31,32). The normalized spacial score (nSPS) is 16.1. The van der Waals surface area contributed by atoms with E-state index >= 15 is 0 Å².